The number of nitrogens with zero attached hydrogens (tertiary/aromatic N) is 3. The number of ether oxygens (including phenoxy) is 2. The molecule has 30 heavy (non-hydrogen) atoms. The number of piperazine rings is 1. The summed E-state index contributed by atoms with van der Waals surface area (Å²) in [5.41, 5.74) is 1.24. The Bertz CT molecular complexity index is 651. The third-order valence-electron chi connectivity index (χ3n) is 6.98. The zero-order valence-electron chi connectivity index (χ0n) is 18.6. The largest absolute Gasteiger partial charge is 0.493 e. The topological polar surface area (TPSA) is 48.4 Å². The molecule has 168 valence electrons. The highest BCUT2D eigenvalue weighted by Gasteiger charge is 2.26. The van der Waals surface area contributed by atoms with E-state index in [2.05, 4.69) is 26.8 Å². The van der Waals surface area contributed by atoms with Crippen LogP contribution in [0.1, 0.15) is 44.1 Å². The van der Waals surface area contributed by atoms with Crippen molar-refractivity contribution in [3.8, 4) is 11.5 Å². The summed E-state index contributed by atoms with van der Waals surface area (Å²) in [6.07, 6.45) is 7.60. The van der Waals surface area contributed by atoms with Crippen molar-refractivity contribution in [1.82, 2.24) is 14.7 Å². The van der Waals surface area contributed by atoms with E-state index in [0.29, 0.717) is 13.2 Å². The molecule has 4 rings (SSSR count). The van der Waals surface area contributed by atoms with Crippen LogP contribution in [0.2, 0.25) is 0 Å². The smallest absolute Gasteiger partial charge is 0.161 e. The summed E-state index contributed by atoms with van der Waals surface area (Å²) in [7, 11) is 1.67. The fourth-order valence-electron chi connectivity index (χ4n) is 5.25. The molecule has 0 spiro atoms. The van der Waals surface area contributed by atoms with Crippen molar-refractivity contribution < 1.29 is 14.6 Å². The number of methoxy groups -OCH3 is 1. The third kappa shape index (κ3) is 5.88. The summed E-state index contributed by atoms with van der Waals surface area (Å²) in [5, 5.41) is 10.4. The summed E-state index contributed by atoms with van der Waals surface area (Å²) < 4.78 is 11.5. The molecular formula is C24H39N3O3. The van der Waals surface area contributed by atoms with Crippen LogP contribution in [0.3, 0.4) is 0 Å². The quantitative estimate of drug-likeness (QED) is 0.667. The number of rotatable bonds is 9. The summed E-state index contributed by atoms with van der Waals surface area (Å²) in [5.74, 6) is 1.47. The van der Waals surface area contributed by atoms with Gasteiger partial charge in [0.25, 0.3) is 0 Å². The number of likely N-dealkylation sites (tertiary alicyclic amines) is 1. The van der Waals surface area contributed by atoms with Gasteiger partial charge in [-0.25, -0.2) is 0 Å². The molecule has 0 radical (unpaired) electrons. The van der Waals surface area contributed by atoms with E-state index in [-0.39, 0.29) is 0 Å². The normalized spacial score (nSPS) is 23.1. The number of benzene rings is 1. The van der Waals surface area contributed by atoms with Gasteiger partial charge in [0.05, 0.1) is 7.11 Å². The first kappa shape index (κ1) is 21.9. The Balaban J connectivity index is 1.27. The number of β-amino-alcohol motifs (C(OH)–C–C–N with tert-alkyl or cyclic N) is 1. The van der Waals surface area contributed by atoms with Crippen molar-refractivity contribution in [2.45, 2.75) is 57.2 Å². The second-order valence-electron chi connectivity index (χ2n) is 9.21. The van der Waals surface area contributed by atoms with E-state index in [1.807, 2.05) is 6.07 Å². The fourth-order valence-corrected chi connectivity index (χ4v) is 5.25. The van der Waals surface area contributed by atoms with Gasteiger partial charge >= 0.3 is 0 Å². The molecule has 2 saturated heterocycles. The highest BCUT2D eigenvalue weighted by atomic mass is 16.5. The molecule has 1 atom stereocenters. The lowest BCUT2D eigenvalue weighted by Crippen LogP contribution is -2.49. The second-order valence-corrected chi connectivity index (χ2v) is 9.21. The van der Waals surface area contributed by atoms with Crippen molar-refractivity contribution in [3.05, 3.63) is 23.8 Å². The molecule has 1 N–H and O–H groups in total. The molecular weight excluding hydrogens is 378 g/mol. The molecule has 0 amide bonds. The molecule has 1 unspecified atom stereocenters. The lowest BCUT2D eigenvalue weighted by molar-refractivity contribution is 0.0745. The Labute approximate surface area is 181 Å². The molecule has 6 nitrogen and oxygen atoms in total. The minimum atomic E-state index is -0.472. The second kappa shape index (κ2) is 10.8. The Morgan fingerprint density at radius 3 is 2.37 bits per heavy atom. The zero-order valence-corrected chi connectivity index (χ0v) is 18.6. The number of hydrogen-bond acceptors (Lipinski definition) is 6. The number of aliphatic hydroxyl groups excluding tert-OH is 1. The van der Waals surface area contributed by atoms with E-state index >= 15 is 0 Å². The standard InChI is InChI=1S/C24H39N3O3/c1-29-23-9-8-20(16-24(23)30-19-22(28)18-25-10-4-5-11-25)17-26-12-14-27(15-13-26)21-6-2-3-7-21/h8-9,16,21-22,28H,2-7,10-15,17-19H2,1H3. The molecule has 6 heteroatoms. The van der Waals surface area contributed by atoms with Crippen molar-refractivity contribution in [2.24, 2.45) is 0 Å². The molecule has 2 heterocycles. The predicted octanol–water partition coefficient (Wildman–Crippen LogP) is 2.59. The van der Waals surface area contributed by atoms with Crippen LogP contribution in [0.5, 0.6) is 11.5 Å². The molecule has 0 aromatic heterocycles. The van der Waals surface area contributed by atoms with Crippen LogP contribution < -0.4 is 9.47 Å². The van der Waals surface area contributed by atoms with Crippen molar-refractivity contribution >= 4 is 0 Å². The van der Waals surface area contributed by atoms with Gasteiger partial charge in [-0.2, -0.15) is 0 Å². The minimum Gasteiger partial charge on any atom is -0.493 e. The summed E-state index contributed by atoms with van der Waals surface area (Å²) in [6, 6.07) is 7.05. The molecule has 0 bridgehead atoms. The maximum atomic E-state index is 10.4. The third-order valence-corrected chi connectivity index (χ3v) is 6.98. The van der Waals surface area contributed by atoms with Crippen LogP contribution >= 0.6 is 0 Å². The Hall–Kier alpha value is -1.34. The van der Waals surface area contributed by atoms with Crippen LogP contribution in [-0.4, -0.2) is 91.5 Å². The average Bonchev–Trinajstić information content (AvgIpc) is 3.47. The van der Waals surface area contributed by atoms with E-state index in [4.69, 9.17) is 9.47 Å². The van der Waals surface area contributed by atoms with Crippen molar-refractivity contribution in [1.29, 1.82) is 0 Å². The van der Waals surface area contributed by atoms with Crippen molar-refractivity contribution in [3.63, 3.8) is 0 Å². The minimum absolute atomic E-state index is 0.302. The maximum Gasteiger partial charge on any atom is 0.161 e. The van der Waals surface area contributed by atoms with Crippen LogP contribution in [0.4, 0.5) is 0 Å². The van der Waals surface area contributed by atoms with E-state index in [1.54, 1.807) is 7.11 Å². The number of aliphatic hydroxyl groups is 1. The molecule has 3 fully saturated rings. The molecule has 3 aliphatic rings. The Morgan fingerprint density at radius 1 is 0.933 bits per heavy atom. The Kier molecular flexibility index (Phi) is 7.88. The average molecular weight is 418 g/mol. The first-order valence-electron chi connectivity index (χ1n) is 11.9. The molecule has 1 aromatic carbocycles. The van der Waals surface area contributed by atoms with Gasteiger partial charge in [0, 0.05) is 45.3 Å². The molecule has 1 saturated carbocycles. The van der Waals surface area contributed by atoms with Crippen LogP contribution in [0.25, 0.3) is 0 Å². The fraction of sp³-hybridized carbons (Fsp3) is 0.750. The summed E-state index contributed by atoms with van der Waals surface area (Å²) in [4.78, 5) is 7.56. The van der Waals surface area contributed by atoms with Gasteiger partial charge < -0.3 is 19.5 Å². The van der Waals surface area contributed by atoms with Gasteiger partial charge in [-0.15, -0.1) is 0 Å². The first-order chi connectivity index (χ1) is 14.7. The summed E-state index contributed by atoms with van der Waals surface area (Å²) >= 11 is 0. The van der Waals surface area contributed by atoms with Gasteiger partial charge in [0.2, 0.25) is 0 Å². The van der Waals surface area contributed by atoms with Crippen LogP contribution in [0.15, 0.2) is 18.2 Å². The van der Waals surface area contributed by atoms with E-state index in [0.717, 1.165) is 50.3 Å². The highest BCUT2D eigenvalue weighted by Crippen LogP contribution is 2.29. The van der Waals surface area contributed by atoms with Gasteiger partial charge in [0.1, 0.15) is 12.7 Å². The predicted molar refractivity (Wildman–Crippen MR) is 119 cm³/mol. The monoisotopic (exact) mass is 417 g/mol. The zero-order chi connectivity index (χ0) is 20.8. The van der Waals surface area contributed by atoms with Gasteiger partial charge in [-0.05, 0) is 56.5 Å². The van der Waals surface area contributed by atoms with E-state index in [9.17, 15) is 5.11 Å². The molecule has 2 aliphatic heterocycles. The lowest BCUT2D eigenvalue weighted by Gasteiger charge is -2.38. The SMILES string of the molecule is COc1ccc(CN2CCN(C3CCCC3)CC2)cc1OCC(O)CN1CCCC1. The molecule has 1 aromatic rings. The maximum absolute atomic E-state index is 10.4. The highest BCUT2D eigenvalue weighted by molar-refractivity contribution is 5.43. The molecule has 1 aliphatic carbocycles. The van der Waals surface area contributed by atoms with Gasteiger partial charge in [-0.3, -0.25) is 9.80 Å². The van der Waals surface area contributed by atoms with Crippen LogP contribution in [0, 0.1) is 0 Å². The van der Waals surface area contributed by atoms with Gasteiger partial charge in [0.15, 0.2) is 11.5 Å². The van der Waals surface area contributed by atoms with E-state index in [1.165, 1.54) is 57.2 Å². The van der Waals surface area contributed by atoms with E-state index < -0.39 is 6.10 Å². The van der Waals surface area contributed by atoms with Crippen molar-refractivity contribution in [2.75, 3.05) is 59.5 Å². The number of hydrogen-bond donors (Lipinski definition) is 1. The van der Waals surface area contributed by atoms with Gasteiger partial charge in [-0.1, -0.05) is 18.9 Å². The van der Waals surface area contributed by atoms with Crippen LogP contribution in [-0.2, 0) is 6.54 Å². The summed E-state index contributed by atoms with van der Waals surface area (Å²) in [6.45, 7) is 8.74. The Morgan fingerprint density at radius 2 is 1.67 bits per heavy atom. The first-order valence-corrected chi connectivity index (χ1v) is 11.9. The lowest BCUT2D eigenvalue weighted by atomic mass is 10.1.